The highest BCUT2D eigenvalue weighted by Crippen LogP contribution is 2.37. The van der Waals surface area contributed by atoms with Crippen LogP contribution in [0.25, 0.3) is 5.70 Å². The molecule has 0 aliphatic carbocycles. The van der Waals surface area contributed by atoms with Crippen molar-refractivity contribution >= 4 is 59.1 Å². The van der Waals surface area contributed by atoms with Crippen molar-refractivity contribution in [3.8, 4) is 0 Å². The summed E-state index contributed by atoms with van der Waals surface area (Å²) in [7, 11) is 0. The Hall–Kier alpha value is -3.46. The molecule has 6 nitrogen and oxygen atoms in total. The van der Waals surface area contributed by atoms with Gasteiger partial charge >= 0.3 is 0 Å². The van der Waals surface area contributed by atoms with Crippen LogP contribution in [0.5, 0.6) is 0 Å². The lowest BCUT2D eigenvalue weighted by molar-refractivity contribution is 0.102. The van der Waals surface area contributed by atoms with Gasteiger partial charge in [0.15, 0.2) is 0 Å². The summed E-state index contributed by atoms with van der Waals surface area (Å²) in [6.07, 6.45) is 1.76. The van der Waals surface area contributed by atoms with E-state index in [0.717, 1.165) is 5.56 Å². The predicted octanol–water partition coefficient (Wildman–Crippen LogP) is 6.59. The fourth-order valence-electron chi connectivity index (χ4n) is 3.62. The van der Waals surface area contributed by atoms with Crippen molar-refractivity contribution in [1.82, 2.24) is 14.8 Å². The third-order valence-electron chi connectivity index (χ3n) is 5.25. The average molecular weight is 535 g/mol. The van der Waals surface area contributed by atoms with Crippen molar-refractivity contribution in [3.05, 3.63) is 111 Å². The Kier molecular flexibility index (Phi) is 7.07. The molecule has 178 valence electrons. The van der Waals surface area contributed by atoms with Crippen LogP contribution in [0.1, 0.15) is 27.5 Å². The second-order valence-corrected chi connectivity index (χ2v) is 8.30. The molecule has 5 rings (SSSR count). The Morgan fingerprint density at radius 1 is 1.00 bits per heavy atom. The minimum atomic E-state index is -0.750. The molecule has 11 heteroatoms. The topological polar surface area (TPSA) is 71.8 Å². The highest BCUT2D eigenvalue weighted by atomic mass is 35.5. The van der Waals surface area contributed by atoms with Gasteiger partial charge in [-0.15, -0.1) is 17.5 Å². The second kappa shape index (κ2) is 10.0. The first kappa shape index (κ1) is 24.7. The molecule has 2 N–H and O–H groups in total. The van der Waals surface area contributed by atoms with Gasteiger partial charge in [-0.3, -0.25) is 10.1 Å². The van der Waals surface area contributed by atoms with E-state index in [0.29, 0.717) is 10.7 Å². The van der Waals surface area contributed by atoms with E-state index in [9.17, 15) is 13.6 Å². The van der Waals surface area contributed by atoms with E-state index in [1.165, 1.54) is 41.1 Å². The van der Waals surface area contributed by atoms with Crippen LogP contribution >= 0.6 is 35.6 Å². The van der Waals surface area contributed by atoms with E-state index < -0.39 is 23.6 Å². The molecule has 1 atom stereocenters. The third kappa shape index (κ3) is 5.00. The van der Waals surface area contributed by atoms with Crippen LogP contribution in [0.15, 0.2) is 72.8 Å². The van der Waals surface area contributed by atoms with Gasteiger partial charge in [0.2, 0.25) is 5.95 Å². The van der Waals surface area contributed by atoms with E-state index >= 15 is 0 Å². The monoisotopic (exact) mass is 533 g/mol. The average Bonchev–Trinajstić information content (AvgIpc) is 3.22. The highest BCUT2D eigenvalue weighted by molar-refractivity contribution is 6.31. The molecule has 35 heavy (non-hydrogen) atoms. The quantitative estimate of drug-likeness (QED) is 0.310. The number of hydrogen-bond donors (Lipinski definition) is 2. The Bertz CT molecular complexity index is 1400. The number of nitrogens with one attached hydrogen (secondary N) is 2. The maximum Gasteiger partial charge on any atom is 0.258 e. The Balaban J connectivity index is 0.00000289. The zero-order chi connectivity index (χ0) is 23.8. The fourth-order valence-corrected chi connectivity index (χ4v) is 4.02. The van der Waals surface area contributed by atoms with Crippen molar-refractivity contribution in [2.24, 2.45) is 0 Å². The van der Waals surface area contributed by atoms with Crippen molar-refractivity contribution < 1.29 is 13.6 Å². The summed E-state index contributed by atoms with van der Waals surface area (Å²) in [6, 6.07) is 15.8. The van der Waals surface area contributed by atoms with Gasteiger partial charge in [-0.05, 0) is 60.2 Å². The van der Waals surface area contributed by atoms with Gasteiger partial charge in [0.05, 0.1) is 0 Å². The largest absolute Gasteiger partial charge is 0.324 e. The summed E-state index contributed by atoms with van der Waals surface area (Å²) in [5, 5.41) is 10.9. The van der Waals surface area contributed by atoms with Crippen LogP contribution in [0.3, 0.4) is 0 Å². The number of amides is 1. The van der Waals surface area contributed by atoms with Gasteiger partial charge in [-0.2, -0.15) is 4.98 Å². The molecule has 0 fully saturated rings. The lowest BCUT2D eigenvalue weighted by atomic mass is 10.0. The number of hydrogen-bond acceptors (Lipinski definition) is 4. The molecule has 0 spiro atoms. The Labute approximate surface area is 215 Å². The van der Waals surface area contributed by atoms with E-state index in [-0.39, 0.29) is 40.5 Å². The number of halogens is 5. The first-order valence-electron chi connectivity index (χ1n) is 10.1. The lowest BCUT2D eigenvalue weighted by Crippen LogP contribution is -2.21. The van der Waals surface area contributed by atoms with Crippen LogP contribution in [-0.4, -0.2) is 20.7 Å². The summed E-state index contributed by atoms with van der Waals surface area (Å²) >= 11 is 12.4. The van der Waals surface area contributed by atoms with Crippen LogP contribution in [-0.2, 0) is 0 Å². The van der Waals surface area contributed by atoms with Crippen molar-refractivity contribution in [2.45, 2.75) is 6.04 Å². The molecule has 1 aliphatic rings. The molecule has 0 saturated heterocycles. The number of rotatable bonds is 4. The number of nitrogens with zero attached hydrogens (tertiary/aromatic N) is 3. The van der Waals surface area contributed by atoms with Crippen molar-refractivity contribution in [1.29, 1.82) is 0 Å². The number of anilines is 2. The molecule has 0 bridgehead atoms. The second-order valence-electron chi connectivity index (χ2n) is 7.46. The summed E-state index contributed by atoms with van der Waals surface area (Å²) in [5.74, 6) is -1.23. The summed E-state index contributed by atoms with van der Waals surface area (Å²) < 4.78 is 29.5. The standard InChI is InChI=1S/C24H15Cl2F2N5O.ClH/c25-15-8-4-13(5-9-15)19-12-20(21-17(26)2-1-3-18(21)28)33-24(29-19)31-23(32-33)30-22(34)14-6-10-16(27)11-7-14;/h1-12,20H,(H2,29,30,31,32,34);1H. The lowest BCUT2D eigenvalue weighted by Gasteiger charge is -2.25. The third-order valence-corrected chi connectivity index (χ3v) is 5.83. The van der Waals surface area contributed by atoms with Gasteiger partial charge < -0.3 is 5.32 Å². The van der Waals surface area contributed by atoms with Crippen LogP contribution in [0, 0.1) is 11.6 Å². The van der Waals surface area contributed by atoms with E-state index in [2.05, 4.69) is 20.7 Å². The maximum atomic E-state index is 14.9. The number of carbonyl (C=O) groups excluding carboxylic acids is 1. The molecule has 2 heterocycles. The number of fused-ring (bicyclic) bond motifs is 1. The SMILES string of the molecule is Cl.O=C(Nc1nc2n(n1)C(c1c(F)cccc1Cl)C=C(c1ccc(Cl)cc1)N2)c1ccc(F)cc1. The zero-order valence-corrected chi connectivity index (χ0v) is 20.0. The summed E-state index contributed by atoms with van der Waals surface area (Å²) in [5.41, 5.74) is 1.86. The summed E-state index contributed by atoms with van der Waals surface area (Å²) in [4.78, 5) is 16.9. The molecule has 1 aromatic heterocycles. The van der Waals surface area contributed by atoms with Crippen LogP contribution in [0.4, 0.5) is 20.7 Å². The Morgan fingerprint density at radius 3 is 2.40 bits per heavy atom. The molecule has 1 unspecified atom stereocenters. The van der Waals surface area contributed by atoms with E-state index in [1.807, 2.05) is 12.1 Å². The number of aromatic nitrogens is 3. The normalized spacial score (nSPS) is 14.3. The first-order chi connectivity index (χ1) is 16.4. The van der Waals surface area contributed by atoms with Crippen molar-refractivity contribution in [3.63, 3.8) is 0 Å². The molecule has 0 saturated carbocycles. The first-order valence-corrected chi connectivity index (χ1v) is 10.9. The van der Waals surface area contributed by atoms with Gasteiger partial charge in [0, 0.05) is 26.9 Å². The number of allylic oxidation sites excluding steroid dienone is 1. The van der Waals surface area contributed by atoms with Gasteiger partial charge in [0.25, 0.3) is 11.9 Å². The number of benzene rings is 3. The summed E-state index contributed by atoms with van der Waals surface area (Å²) in [6.45, 7) is 0. The van der Waals surface area contributed by atoms with E-state index in [1.54, 1.807) is 24.3 Å². The maximum absolute atomic E-state index is 14.9. The van der Waals surface area contributed by atoms with Gasteiger partial charge in [-0.25, -0.2) is 13.5 Å². The Morgan fingerprint density at radius 2 is 1.71 bits per heavy atom. The molecule has 4 aromatic rings. The molecular weight excluding hydrogens is 519 g/mol. The molecular formula is C24H16Cl3F2N5O. The molecule has 1 amide bonds. The van der Waals surface area contributed by atoms with E-state index in [4.69, 9.17) is 23.2 Å². The minimum Gasteiger partial charge on any atom is -0.324 e. The predicted molar refractivity (Wildman–Crippen MR) is 134 cm³/mol. The van der Waals surface area contributed by atoms with Crippen molar-refractivity contribution in [2.75, 3.05) is 10.6 Å². The smallest absolute Gasteiger partial charge is 0.258 e. The molecule has 3 aromatic carbocycles. The highest BCUT2D eigenvalue weighted by Gasteiger charge is 2.29. The van der Waals surface area contributed by atoms with Gasteiger partial charge in [-0.1, -0.05) is 41.4 Å². The zero-order valence-electron chi connectivity index (χ0n) is 17.7. The molecule has 1 aliphatic heterocycles. The fraction of sp³-hybridized carbons (Fsp3) is 0.0417. The molecule has 0 radical (unpaired) electrons. The van der Waals surface area contributed by atoms with Gasteiger partial charge in [0.1, 0.15) is 17.7 Å². The van der Waals surface area contributed by atoms with Crippen LogP contribution in [0.2, 0.25) is 10.0 Å². The van der Waals surface area contributed by atoms with Crippen LogP contribution < -0.4 is 10.6 Å². The minimum absolute atomic E-state index is 0. The number of carbonyl (C=O) groups is 1.